The minimum absolute atomic E-state index is 0.371. The maximum Gasteiger partial charge on any atom is 0.326 e. The van der Waals surface area contributed by atoms with E-state index in [1.54, 1.807) is 18.7 Å². The van der Waals surface area contributed by atoms with Crippen LogP contribution in [0.3, 0.4) is 0 Å². The highest BCUT2D eigenvalue weighted by Gasteiger charge is 2.20. The molecule has 0 radical (unpaired) electrons. The second-order valence-corrected chi connectivity index (χ2v) is 5.61. The molecule has 0 spiro atoms. The number of amides is 1. The molecule has 1 rings (SSSR count). The topological polar surface area (TPSA) is 79.3 Å². The summed E-state index contributed by atoms with van der Waals surface area (Å²) < 4.78 is 0. The normalized spacial score (nSPS) is 12.1. The number of aryl methyl sites for hydroxylation is 1. The molecule has 94 valence electrons. The maximum absolute atomic E-state index is 11.7. The Morgan fingerprint density at radius 3 is 2.82 bits per heavy atom. The van der Waals surface area contributed by atoms with Crippen LogP contribution in [0.4, 0.5) is 0 Å². The standard InChI is InChI=1S/C10H14N2O3S2/c1-6-11-5-8(17-6)9(13)12-7(10(14)15)3-4-16-2/h5,7H,3-4H2,1-2H3,(H,12,13)(H,14,15)/t7-/m0/s1. The molecule has 0 saturated heterocycles. The number of carbonyl (C=O) groups excluding carboxylic acids is 1. The average Bonchev–Trinajstić information content (AvgIpc) is 2.70. The van der Waals surface area contributed by atoms with E-state index in [1.807, 2.05) is 6.26 Å². The van der Waals surface area contributed by atoms with Crippen LogP contribution in [0.1, 0.15) is 21.1 Å². The van der Waals surface area contributed by atoms with E-state index in [4.69, 9.17) is 5.11 Å². The van der Waals surface area contributed by atoms with Crippen LogP contribution >= 0.6 is 23.1 Å². The monoisotopic (exact) mass is 274 g/mol. The van der Waals surface area contributed by atoms with Crippen molar-refractivity contribution in [2.24, 2.45) is 0 Å². The Bertz CT molecular complexity index is 406. The van der Waals surface area contributed by atoms with E-state index < -0.39 is 12.0 Å². The smallest absolute Gasteiger partial charge is 0.326 e. The molecule has 1 aromatic heterocycles. The molecule has 7 heteroatoms. The van der Waals surface area contributed by atoms with Crippen molar-refractivity contribution in [1.82, 2.24) is 10.3 Å². The number of thiazole rings is 1. The zero-order valence-corrected chi connectivity index (χ0v) is 11.2. The molecule has 17 heavy (non-hydrogen) atoms. The van der Waals surface area contributed by atoms with Gasteiger partial charge in [-0.2, -0.15) is 11.8 Å². The van der Waals surface area contributed by atoms with Crippen molar-refractivity contribution in [2.45, 2.75) is 19.4 Å². The van der Waals surface area contributed by atoms with Crippen molar-refractivity contribution >= 4 is 35.0 Å². The summed E-state index contributed by atoms with van der Waals surface area (Å²) in [6, 6.07) is -0.836. The van der Waals surface area contributed by atoms with Gasteiger partial charge in [0.1, 0.15) is 10.9 Å². The Morgan fingerprint density at radius 1 is 1.65 bits per heavy atom. The van der Waals surface area contributed by atoms with Gasteiger partial charge >= 0.3 is 5.97 Å². The zero-order valence-electron chi connectivity index (χ0n) is 9.60. The van der Waals surface area contributed by atoms with Crippen molar-refractivity contribution in [3.05, 3.63) is 16.1 Å². The molecule has 0 aromatic carbocycles. The van der Waals surface area contributed by atoms with Crippen LogP contribution in [-0.4, -0.2) is 40.0 Å². The first-order valence-electron chi connectivity index (χ1n) is 4.99. The van der Waals surface area contributed by atoms with Crippen LogP contribution in [0.5, 0.6) is 0 Å². The largest absolute Gasteiger partial charge is 0.480 e. The number of rotatable bonds is 6. The number of carboxylic acid groups (broad SMARTS) is 1. The predicted molar refractivity (Wildman–Crippen MR) is 68.7 cm³/mol. The van der Waals surface area contributed by atoms with Crippen LogP contribution in [-0.2, 0) is 4.79 Å². The van der Waals surface area contributed by atoms with E-state index in [2.05, 4.69) is 10.3 Å². The molecule has 2 N–H and O–H groups in total. The third kappa shape index (κ3) is 4.35. The van der Waals surface area contributed by atoms with Gasteiger partial charge in [0.05, 0.1) is 11.2 Å². The fraction of sp³-hybridized carbons (Fsp3) is 0.500. The van der Waals surface area contributed by atoms with Crippen molar-refractivity contribution in [2.75, 3.05) is 12.0 Å². The van der Waals surface area contributed by atoms with E-state index in [0.29, 0.717) is 17.1 Å². The molecule has 1 heterocycles. The molecule has 0 aliphatic heterocycles. The van der Waals surface area contributed by atoms with E-state index in [1.165, 1.54) is 17.5 Å². The first-order chi connectivity index (χ1) is 8.04. The van der Waals surface area contributed by atoms with E-state index in [-0.39, 0.29) is 5.91 Å². The Hall–Kier alpha value is -1.08. The van der Waals surface area contributed by atoms with Crippen molar-refractivity contribution in [3.63, 3.8) is 0 Å². The molecule has 1 atom stereocenters. The van der Waals surface area contributed by atoms with Gasteiger partial charge in [-0.3, -0.25) is 4.79 Å². The number of thioether (sulfide) groups is 1. The molecular formula is C10H14N2O3S2. The Balaban J connectivity index is 2.60. The van der Waals surface area contributed by atoms with Gasteiger partial charge in [-0.15, -0.1) is 11.3 Å². The summed E-state index contributed by atoms with van der Waals surface area (Å²) in [4.78, 5) is 27.1. The summed E-state index contributed by atoms with van der Waals surface area (Å²) >= 11 is 2.80. The van der Waals surface area contributed by atoms with E-state index >= 15 is 0 Å². The molecule has 0 bridgehead atoms. The van der Waals surface area contributed by atoms with Gasteiger partial charge in [-0.25, -0.2) is 9.78 Å². The third-order valence-electron chi connectivity index (χ3n) is 2.06. The van der Waals surface area contributed by atoms with Crippen LogP contribution in [0.15, 0.2) is 6.20 Å². The lowest BCUT2D eigenvalue weighted by Gasteiger charge is -2.12. The number of nitrogens with zero attached hydrogens (tertiary/aromatic N) is 1. The van der Waals surface area contributed by atoms with E-state index in [9.17, 15) is 9.59 Å². The highest BCUT2D eigenvalue weighted by molar-refractivity contribution is 7.98. The number of nitrogens with one attached hydrogen (secondary N) is 1. The summed E-state index contributed by atoms with van der Waals surface area (Å²) in [6.07, 6.45) is 3.77. The molecule has 0 unspecified atom stereocenters. The van der Waals surface area contributed by atoms with Gasteiger partial charge in [-0.05, 0) is 25.4 Å². The van der Waals surface area contributed by atoms with Crippen LogP contribution in [0, 0.1) is 6.92 Å². The van der Waals surface area contributed by atoms with Crippen LogP contribution < -0.4 is 5.32 Å². The number of aliphatic carboxylic acids is 1. The molecular weight excluding hydrogens is 260 g/mol. The van der Waals surface area contributed by atoms with Crippen molar-refractivity contribution in [3.8, 4) is 0 Å². The van der Waals surface area contributed by atoms with Gasteiger partial charge in [0.25, 0.3) is 5.91 Å². The molecule has 1 amide bonds. The fourth-order valence-corrected chi connectivity index (χ4v) is 2.34. The van der Waals surface area contributed by atoms with Crippen molar-refractivity contribution < 1.29 is 14.7 Å². The second-order valence-electron chi connectivity index (χ2n) is 3.39. The first-order valence-corrected chi connectivity index (χ1v) is 7.20. The lowest BCUT2D eigenvalue weighted by atomic mass is 10.2. The maximum atomic E-state index is 11.7. The summed E-state index contributed by atoms with van der Waals surface area (Å²) in [7, 11) is 0. The lowest BCUT2D eigenvalue weighted by Crippen LogP contribution is -2.40. The van der Waals surface area contributed by atoms with Gasteiger partial charge in [0.15, 0.2) is 0 Å². The fourth-order valence-electron chi connectivity index (χ4n) is 1.19. The zero-order chi connectivity index (χ0) is 12.8. The van der Waals surface area contributed by atoms with Crippen molar-refractivity contribution in [1.29, 1.82) is 0 Å². The molecule has 0 aliphatic rings. The molecule has 1 aromatic rings. The quantitative estimate of drug-likeness (QED) is 0.819. The Morgan fingerprint density at radius 2 is 2.35 bits per heavy atom. The highest BCUT2D eigenvalue weighted by Crippen LogP contribution is 2.12. The highest BCUT2D eigenvalue weighted by atomic mass is 32.2. The molecule has 0 saturated carbocycles. The van der Waals surface area contributed by atoms with Gasteiger partial charge in [-0.1, -0.05) is 0 Å². The van der Waals surface area contributed by atoms with Gasteiger partial charge in [0.2, 0.25) is 0 Å². The Kier molecular flexibility index (Phi) is 5.43. The minimum Gasteiger partial charge on any atom is -0.480 e. The van der Waals surface area contributed by atoms with E-state index in [0.717, 1.165) is 5.01 Å². The van der Waals surface area contributed by atoms with Crippen LogP contribution in [0.25, 0.3) is 0 Å². The predicted octanol–water partition coefficient (Wildman–Crippen LogP) is 1.39. The summed E-state index contributed by atoms with van der Waals surface area (Å²) in [5, 5.41) is 12.2. The number of hydrogen-bond acceptors (Lipinski definition) is 5. The molecule has 5 nitrogen and oxygen atoms in total. The summed E-state index contributed by atoms with van der Waals surface area (Å²) in [6.45, 7) is 1.80. The first kappa shape index (κ1) is 14.0. The number of hydrogen-bond donors (Lipinski definition) is 2. The number of carbonyl (C=O) groups is 2. The lowest BCUT2D eigenvalue weighted by molar-refractivity contribution is -0.139. The Labute approximate surface area is 108 Å². The van der Waals surface area contributed by atoms with Gasteiger partial charge in [0, 0.05) is 0 Å². The average molecular weight is 274 g/mol. The van der Waals surface area contributed by atoms with Crippen LogP contribution in [0.2, 0.25) is 0 Å². The third-order valence-corrected chi connectivity index (χ3v) is 3.61. The molecule has 0 fully saturated rings. The number of aromatic nitrogens is 1. The second kappa shape index (κ2) is 6.61. The number of carboxylic acids is 1. The van der Waals surface area contributed by atoms with Gasteiger partial charge < -0.3 is 10.4 Å². The molecule has 0 aliphatic carbocycles. The SMILES string of the molecule is CSCC[C@H](NC(=O)c1cnc(C)s1)C(=O)O. The summed E-state index contributed by atoms with van der Waals surface area (Å²) in [5.41, 5.74) is 0. The summed E-state index contributed by atoms with van der Waals surface area (Å²) in [5.74, 6) is -0.684. The minimum atomic E-state index is -1.01.